The fourth-order valence-electron chi connectivity index (χ4n) is 2.62. The third kappa shape index (κ3) is 2.29. The molecule has 1 fully saturated rings. The van der Waals surface area contributed by atoms with Gasteiger partial charge in [-0.2, -0.15) is 0 Å². The molecule has 0 spiro atoms. The Labute approximate surface area is 132 Å². The van der Waals surface area contributed by atoms with Crippen molar-refractivity contribution in [3.8, 4) is 5.75 Å². The molecule has 106 valence electrons. The van der Waals surface area contributed by atoms with E-state index in [1.165, 1.54) is 5.39 Å². The monoisotopic (exact) mass is 384 g/mol. The third-order valence-electron chi connectivity index (χ3n) is 3.69. The number of halogens is 1. The Morgan fingerprint density at radius 3 is 2.40 bits per heavy atom. The van der Waals surface area contributed by atoms with Gasteiger partial charge >= 0.3 is 0 Å². The molecule has 1 aliphatic rings. The zero-order valence-electron chi connectivity index (χ0n) is 11.6. The van der Waals surface area contributed by atoms with Gasteiger partial charge in [-0.15, -0.1) is 0 Å². The Morgan fingerprint density at radius 1 is 1.10 bits per heavy atom. The molecule has 0 aliphatic carbocycles. The number of fused-ring (bicyclic) bond motifs is 1. The van der Waals surface area contributed by atoms with Crippen molar-refractivity contribution >= 4 is 33.4 Å². The minimum absolute atomic E-state index is 0.235. The Kier molecular flexibility index (Phi) is 3.88. The van der Waals surface area contributed by atoms with Gasteiger partial charge in [-0.3, -0.25) is 0 Å². The summed E-state index contributed by atoms with van der Waals surface area (Å²) in [7, 11) is 1.68. The van der Waals surface area contributed by atoms with Crippen LogP contribution in [0.5, 0.6) is 5.75 Å². The number of rotatable bonds is 3. The number of alkyl halides is 1. The summed E-state index contributed by atoms with van der Waals surface area (Å²) in [6.07, 6.45) is 0. The molecule has 3 rings (SSSR count). The molecule has 4 heteroatoms. The highest BCUT2D eigenvalue weighted by molar-refractivity contribution is 14.1. The average Bonchev–Trinajstić information content (AvgIpc) is 2.97. The smallest absolute Gasteiger partial charge is 0.206 e. The molecule has 1 heterocycles. The van der Waals surface area contributed by atoms with Gasteiger partial charge in [0.05, 0.1) is 24.2 Å². The zero-order valence-corrected chi connectivity index (χ0v) is 13.7. The Balaban J connectivity index is 2.08. The van der Waals surface area contributed by atoms with Crippen LogP contribution in [-0.4, -0.2) is 24.2 Å². The summed E-state index contributed by atoms with van der Waals surface area (Å²) >= 11 is 2.37. The molecule has 1 atom stereocenters. The second-order valence-electron chi connectivity index (χ2n) is 4.91. The van der Waals surface area contributed by atoms with Gasteiger partial charge in [-0.05, 0) is 35.9 Å². The Bertz CT molecular complexity index is 618. The van der Waals surface area contributed by atoms with E-state index < -0.39 is 5.79 Å². The first-order valence-corrected chi connectivity index (χ1v) is 7.90. The van der Waals surface area contributed by atoms with Crippen molar-refractivity contribution in [2.24, 2.45) is 0 Å². The summed E-state index contributed by atoms with van der Waals surface area (Å²) in [4.78, 5) is 0. The molecule has 1 aliphatic heterocycles. The van der Waals surface area contributed by atoms with Gasteiger partial charge < -0.3 is 14.2 Å². The molecule has 0 N–H and O–H groups in total. The largest absolute Gasteiger partial charge is 0.497 e. The summed E-state index contributed by atoms with van der Waals surface area (Å²) in [6.45, 7) is 3.41. The van der Waals surface area contributed by atoms with Crippen molar-refractivity contribution in [2.45, 2.75) is 16.6 Å². The van der Waals surface area contributed by atoms with Crippen LogP contribution in [0.3, 0.4) is 0 Å². The predicted molar refractivity (Wildman–Crippen MR) is 87.6 cm³/mol. The highest BCUT2D eigenvalue weighted by Gasteiger charge is 2.42. The van der Waals surface area contributed by atoms with Crippen LogP contribution in [0.2, 0.25) is 0 Å². The molecule has 3 nitrogen and oxygen atoms in total. The SMILES string of the molecule is COc1ccc2cc(C3(C(C)I)OCCO3)ccc2c1. The van der Waals surface area contributed by atoms with Crippen LogP contribution >= 0.6 is 22.6 Å². The first kappa shape index (κ1) is 14.1. The fraction of sp³-hybridized carbons (Fsp3) is 0.375. The lowest BCUT2D eigenvalue weighted by molar-refractivity contribution is -0.159. The van der Waals surface area contributed by atoms with Gasteiger partial charge in [-0.1, -0.05) is 40.8 Å². The van der Waals surface area contributed by atoms with Gasteiger partial charge in [0.25, 0.3) is 0 Å². The van der Waals surface area contributed by atoms with E-state index in [-0.39, 0.29) is 3.92 Å². The van der Waals surface area contributed by atoms with Gasteiger partial charge in [0.15, 0.2) is 0 Å². The van der Waals surface area contributed by atoms with Gasteiger partial charge in [0.2, 0.25) is 5.79 Å². The van der Waals surface area contributed by atoms with Crippen LogP contribution in [-0.2, 0) is 15.3 Å². The summed E-state index contributed by atoms with van der Waals surface area (Å²) in [5.74, 6) is 0.255. The van der Waals surface area contributed by atoms with E-state index in [1.807, 2.05) is 12.1 Å². The summed E-state index contributed by atoms with van der Waals surface area (Å²) in [5.41, 5.74) is 1.08. The van der Waals surface area contributed by atoms with E-state index in [0.29, 0.717) is 13.2 Å². The number of ether oxygens (including phenoxy) is 3. The lowest BCUT2D eigenvalue weighted by Crippen LogP contribution is -2.35. The van der Waals surface area contributed by atoms with Crippen molar-refractivity contribution in [3.05, 3.63) is 42.0 Å². The second-order valence-corrected chi connectivity index (χ2v) is 6.78. The molecule has 20 heavy (non-hydrogen) atoms. The quantitative estimate of drug-likeness (QED) is 0.594. The van der Waals surface area contributed by atoms with Crippen molar-refractivity contribution in [2.75, 3.05) is 20.3 Å². The molecular weight excluding hydrogens is 367 g/mol. The Morgan fingerprint density at radius 2 is 1.75 bits per heavy atom. The highest BCUT2D eigenvalue weighted by atomic mass is 127. The molecule has 1 saturated heterocycles. The molecule has 0 aromatic heterocycles. The molecule has 0 saturated carbocycles. The van der Waals surface area contributed by atoms with Crippen molar-refractivity contribution in [3.63, 3.8) is 0 Å². The Hall–Kier alpha value is -0.850. The number of benzene rings is 2. The van der Waals surface area contributed by atoms with Crippen LogP contribution in [0.15, 0.2) is 36.4 Å². The lowest BCUT2D eigenvalue weighted by atomic mass is 9.99. The lowest BCUT2D eigenvalue weighted by Gasteiger charge is -2.31. The van der Waals surface area contributed by atoms with Crippen LogP contribution in [0.25, 0.3) is 10.8 Å². The topological polar surface area (TPSA) is 27.7 Å². The maximum atomic E-state index is 5.93. The minimum Gasteiger partial charge on any atom is -0.497 e. The van der Waals surface area contributed by atoms with Gasteiger partial charge in [-0.25, -0.2) is 0 Å². The second kappa shape index (κ2) is 5.50. The molecule has 0 radical (unpaired) electrons. The molecule has 0 amide bonds. The molecular formula is C16H17IO3. The van der Waals surface area contributed by atoms with Crippen molar-refractivity contribution in [1.82, 2.24) is 0 Å². The number of methoxy groups -OCH3 is 1. The van der Waals surface area contributed by atoms with Gasteiger partial charge in [0.1, 0.15) is 5.75 Å². The maximum absolute atomic E-state index is 5.93. The van der Waals surface area contributed by atoms with Crippen LogP contribution < -0.4 is 4.74 Å². The summed E-state index contributed by atoms with van der Waals surface area (Å²) in [5, 5.41) is 2.32. The fourth-order valence-corrected chi connectivity index (χ4v) is 3.34. The van der Waals surface area contributed by atoms with E-state index >= 15 is 0 Å². The normalized spacial score (nSPS) is 19.1. The number of hydrogen-bond acceptors (Lipinski definition) is 3. The van der Waals surface area contributed by atoms with E-state index in [0.717, 1.165) is 16.7 Å². The average molecular weight is 384 g/mol. The molecule has 2 aromatic rings. The highest BCUT2D eigenvalue weighted by Crippen LogP contribution is 2.39. The minimum atomic E-state index is -0.616. The molecule has 0 bridgehead atoms. The molecule has 1 unspecified atom stereocenters. The van der Waals surface area contributed by atoms with Crippen LogP contribution in [0.1, 0.15) is 12.5 Å². The van der Waals surface area contributed by atoms with Crippen LogP contribution in [0.4, 0.5) is 0 Å². The van der Waals surface area contributed by atoms with E-state index in [2.05, 4.69) is 53.8 Å². The summed E-state index contributed by atoms with van der Waals surface area (Å²) < 4.78 is 17.3. The van der Waals surface area contributed by atoms with E-state index in [1.54, 1.807) is 7.11 Å². The third-order valence-corrected chi connectivity index (χ3v) is 4.51. The predicted octanol–water partition coefficient (Wildman–Crippen LogP) is 3.87. The zero-order chi connectivity index (χ0) is 14.2. The van der Waals surface area contributed by atoms with Crippen molar-refractivity contribution in [1.29, 1.82) is 0 Å². The maximum Gasteiger partial charge on any atom is 0.206 e. The van der Waals surface area contributed by atoms with Gasteiger partial charge in [0, 0.05) is 5.56 Å². The van der Waals surface area contributed by atoms with Crippen LogP contribution in [0, 0.1) is 0 Å². The number of hydrogen-bond donors (Lipinski definition) is 0. The first-order chi connectivity index (χ1) is 9.65. The standard InChI is InChI=1S/C16H17IO3/c1-11(17)16(19-7-8-20-16)14-5-3-13-10-15(18-2)6-4-12(13)9-14/h3-6,9-11H,7-8H2,1-2H3. The molecule has 2 aromatic carbocycles. The van der Waals surface area contributed by atoms with E-state index in [9.17, 15) is 0 Å². The summed E-state index contributed by atoms with van der Waals surface area (Å²) in [6, 6.07) is 12.4. The van der Waals surface area contributed by atoms with E-state index in [4.69, 9.17) is 14.2 Å². The van der Waals surface area contributed by atoms with Crippen molar-refractivity contribution < 1.29 is 14.2 Å². The first-order valence-electron chi connectivity index (χ1n) is 6.66.